The van der Waals surface area contributed by atoms with Crippen molar-refractivity contribution in [1.29, 1.82) is 0 Å². The molecule has 2 nitrogen and oxygen atoms in total. The molecule has 2 heteroatoms. The molecule has 0 saturated heterocycles. The van der Waals surface area contributed by atoms with Crippen LogP contribution in [0.1, 0.15) is 39.7 Å². The summed E-state index contributed by atoms with van der Waals surface area (Å²) in [5, 5.41) is 8.23. The third kappa shape index (κ3) is 5.21. The van der Waals surface area contributed by atoms with E-state index in [1.54, 1.807) is 0 Å². The first-order chi connectivity index (χ1) is 13.1. The highest BCUT2D eigenvalue weighted by Crippen LogP contribution is 2.37. The number of hydrogen-bond donors (Lipinski definition) is 2. The average molecular weight is 362 g/mol. The van der Waals surface area contributed by atoms with Crippen molar-refractivity contribution in [1.82, 2.24) is 0 Å². The maximum atomic E-state index is 3.35. The monoisotopic (exact) mass is 361 g/mol. The summed E-state index contributed by atoms with van der Waals surface area (Å²) in [5.41, 5.74) is 3.92. The smallest absolute Gasteiger partial charge is 0.133 e. The van der Waals surface area contributed by atoms with Gasteiger partial charge in [0.15, 0.2) is 0 Å². The third-order valence-electron chi connectivity index (χ3n) is 4.72. The Morgan fingerprint density at radius 2 is 1.56 bits per heavy atom. The number of benzene rings is 3. The van der Waals surface area contributed by atoms with Crippen LogP contribution in [0.3, 0.4) is 0 Å². The van der Waals surface area contributed by atoms with Crippen LogP contribution in [0.15, 0.2) is 79.0 Å². The Balaban J connectivity index is 0.00000126. The van der Waals surface area contributed by atoms with Gasteiger partial charge in [0.05, 0.1) is 7.05 Å². The van der Waals surface area contributed by atoms with E-state index in [0.717, 1.165) is 12.1 Å². The van der Waals surface area contributed by atoms with Crippen molar-refractivity contribution in [3.63, 3.8) is 0 Å². The molecule has 0 bridgehead atoms. The van der Waals surface area contributed by atoms with Gasteiger partial charge in [0.25, 0.3) is 0 Å². The van der Waals surface area contributed by atoms with Crippen molar-refractivity contribution >= 4 is 22.1 Å². The molecule has 3 aromatic rings. The number of nitrogens with one attached hydrogen (secondary N) is 1. The van der Waals surface area contributed by atoms with Gasteiger partial charge < -0.3 is 10.6 Å². The molecule has 0 atom stereocenters. The van der Waals surface area contributed by atoms with Gasteiger partial charge in [-0.05, 0) is 53.1 Å². The van der Waals surface area contributed by atoms with E-state index in [2.05, 4.69) is 92.3 Å². The molecule has 0 spiro atoms. The lowest BCUT2D eigenvalue weighted by molar-refractivity contribution is -0.540. The van der Waals surface area contributed by atoms with Gasteiger partial charge in [0.2, 0.25) is 0 Å². The van der Waals surface area contributed by atoms with E-state index in [1.807, 2.05) is 32.0 Å². The maximum Gasteiger partial charge on any atom is 0.133 e. The van der Waals surface area contributed by atoms with E-state index in [-0.39, 0.29) is 5.41 Å². The topological polar surface area (TPSA) is 28.6 Å². The van der Waals surface area contributed by atoms with Gasteiger partial charge in [-0.2, -0.15) is 0 Å². The lowest BCUT2D eigenvalue weighted by Gasteiger charge is -2.26. The highest BCUT2D eigenvalue weighted by atomic mass is 14.8. The van der Waals surface area contributed by atoms with Crippen LogP contribution >= 0.6 is 0 Å². The van der Waals surface area contributed by atoms with E-state index in [1.165, 1.54) is 22.0 Å². The minimum Gasteiger partial charge on any atom is -0.362 e. The molecule has 27 heavy (non-hydrogen) atoms. The molecule has 0 unspecified atom stereocenters. The minimum atomic E-state index is 0.0531. The second-order valence-corrected chi connectivity index (χ2v) is 7.04. The number of quaternary nitrogens is 1. The highest BCUT2D eigenvalue weighted by molar-refractivity contribution is 5.89. The zero-order chi connectivity index (χ0) is 19.7. The summed E-state index contributed by atoms with van der Waals surface area (Å²) >= 11 is 0. The lowest BCUT2D eigenvalue weighted by atomic mass is 9.78. The molecular formula is C25H33N2+. The first-order valence-electron chi connectivity index (χ1n) is 9.90. The fourth-order valence-electron chi connectivity index (χ4n) is 3.43. The highest BCUT2D eigenvalue weighted by Gasteiger charge is 2.26. The second-order valence-electron chi connectivity index (χ2n) is 7.04. The van der Waals surface area contributed by atoms with Crippen molar-refractivity contribution in [3.8, 4) is 0 Å². The molecule has 0 fully saturated rings. The largest absolute Gasteiger partial charge is 0.362 e. The summed E-state index contributed by atoms with van der Waals surface area (Å²) in [6, 6.07) is 23.4. The van der Waals surface area contributed by atoms with Crippen LogP contribution in [0, 0.1) is 0 Å². The maximum absolute atomic E-state index is 3.35. The second kappa shape index (κ2) is 9.94. The first kappa shape index (κ1) is 20.7. The Morgan fingerprint density at radius 1 is 0.889 bits per heavy atom. The number of para-hydroxylation sites is 1. The molecule has 0 radical (unpaired) electrons. The third-order valence-corrected chi connectivity index (χ3v) is 4.72. The fourth-order valence-corrected chi connectivity index (χ4v) is 3.43. The molecule has 0 amide bonds. The van der Waals surface area contributed by atoms with Crippen LogP contribution in [-0.2, 0) is 5.41 Å². The molecule has 0 heterocycles. The summed E-state index contributed by atoms with van der Waals surface area (Å²) < 4.78 is 0. The summed E-state index contributed by atoms with van der Waals surface area (Å²) in [6.07, 6.45) is 5.26. The Labute approximate surface area is 164 Å². The van der Waals surface area contributed by atoms with Crippen molar-refractivity contribution in [3.05, 3.63) is 84.6 Å². The summed E-state index contributed by atoms with van der Waals surface area (Å²) in [7, 11) is 2.12. The van der Waals surface area contributed by atoms with Gasteiger partial charge in [0, 0.05) is 11.3 Å². The van der Waals surface area contributed by atoms with Gasteiger partial charge in [-0.25, -0.2) is 0 Å². The SMILES string of the molecule is CC.C[NH2+]c1ccc2ccccc2c1C(C)(C)C/C=C/Nc1ccccc1. The van der Waals surface area contributed by atoms with Gasteiger partial charge in [-0.1, -0.05) is 76.2 Å². The molecule has 0 aromatic heterocycles. The summed E-state index contributed by atoms with van der Waals surface area (Å²) in [6.45, 7) is 8.66. The van der Waals surface area contributed by atoms with E-state index in [9.17, 15) is 0 Å². The van der Waals surface area contributed by atoms with Crippen molar-refractivity contribution < 1.29 is 5.32 Å². The number of anilines is 1. The molecule has 0 aliphatic carbocycles. The molecule has 142 valence electrons. The fraction of sp³-hybridized carbons (Fsp3) is 0.280. The van der Waals surface area contributed by atoms with E-state index < -0.39 is 0 Å². The molecule has 0 saturated carbocycles. The van der Waals surface area contributed by atoms with Gasteiger partial charge >= 0.3 is 0 Å². The van der Waals surface area contributed by atoms with E-state index >= 15 is 0 Å². The number of rotatable bonds is 6. The summed E-state index contributed by atoms with van der Waals surface area (Å²) in [5.74, 6) is 0. The minimum absolute atomic E-state index is 0.0531. The van der Waals surface area contributed by atoms with Gasteiger partial charge in [0.1, 0.15) is 5.69 Å². The van der Waals surface area contributed by atoms with Crippen LogP contribution in [0.5, 0.6) is 0 Å². The van der Waals surface area contributed by atoms with Gasteiger partial charge in [-0.15, -0.1) is 0 Å². The Kier molecular flexibility index (Phi) is 7.63. The van der Waals surface area contributed by atoms with Crippen molar-refractivity contribution in [2.45, 2.75) is 39.5 Å². The number of fused-ring (bicyclic) bond motifs is 1. The van der Waals surface area contributed by atoms with E-state index in [0.29, 0.717) is 0 Å². The average Bonchev–Trinajstić information content (AvgIpc) is 2.72. The lowest BCUT2D eigenvalue weighted by Crippen LogP contribution is -2.73. The normalized spacial score (nSPS) is 11.3. The number of allylic oxidation sites excluding steroid dienone is 1. The van der Waals surface area contributed by atoms with Gasteiger partial charge in [-0.3, -0.25) is 0 Å². The van der Waals surface area contributed by atoms with E-state index in [4.69, 9.17) is 0 Å². The molecule has 0 aliphatic heterocycles. The van der Waals surface area contributed by atoms with Crippen LogP contribution in [0.2, 0.25) is 0 Å². The Bertz CT molecular complexity index is 864. The molecule has 3 aromatic carbocycles. The Morgan fingerprint density at radius 3 is 2.26 bits per heavy atom. The molecular weight excluding hydrogens is 328 g/mol. The van der Waals surface area contributed by atoms with Crippen LogP contribution in [-0.4, -0.2) is 7.05 Å². The first-order valence-corrected chi connectivity index (χ1v) is 9.90. The quantitative estimate of drug-likeness (QED) is 0.519. The predicted octanol–water partition coefficient (Wildman–Crippen LogP) is 5.98. The van der Waals surface area contributed by atoms with Crippen LogP contribution < -0.4 is 10.6 Å². The molecule has 0 aliphatic rings. The number of nitrogens with two attached hydrogens (primary N) is 1. The van der Waals surface area contributed by atoms with Crippen molar-refractivity contribution in [2.24, 2.45) is 0 Å². The molecule has 3 N–H and O–H groups in total. The summed E-state index contributed by atoms with van der Waals surface area (Å²) in [4.78, 5) is 0. The Hall–Kier alpha value is -2.58. The molecule has 3 rings (SSSR count). The van der Waals surface area contributed by atoms with Crippen LogP contribution in [0.25, 0.3) is 10.8 Å². The standard InChI is InChI=1S/C23H26N2.C2H6/c1-23(2,16-9-17-25-19-11-5-4-6-12-19)22-20-13-8-7-10-18(20)14-15-21(22)24-3;1-2/h4-15,17,24-25H,16H2,1-3H3;1-2H3/p+1/b17-9+;. The van der Waals surface area contributed by atoms with Crippen LogP contribution in [0.4, 0.5) is 11.4 Å². The zero-order valence-electron chi connectivity index (χ0n) is 17.3. The van der Waals surface area contributed by atoms with Crippen molar-refractivity contribution in [2.75, 3.05) is 12.4 Å². The number of hydrogen-bond acceptors (Lipinski definition) is 1. The predicted molar refractivity (Wildman–Crippen MR) is 120 cm³/mol. The zero-order valence-corrected chi connectivity index (χ0v) is 17.3.